The van der Waals surface area contributed by atoms with Gasteiger partial charge in [-0.3, -0.25) is 8.71 Å². The van der Waals surface area contributed by atoms with Crippen LogP contribution in [0.2, 0.25) is 5.15 Å². The Labute approximate surface area is 209 Å². The normalized spacial score (nSPS) is 12.6. The largest absolute Gasteiger partial charge is 0.419 e. The second-order valence-electron chi connectivity index (χ2n) is 7.62. The molecule has 0 aliphatic heterocycles. The minimum atomic E-state index is -4.94. The Hall–Kier alpha value is -2.67. The monoisotopic (exact) mass is 559 g/mol. The Balaban J connectivity index is 1.72. The Kier molecular flexibility index (Phi) is 5.82. The van der Waals surface area contributed by atoms with Crippen LogP contribution in [0.5, 0.6) is 0 Å². The van der Waals surface area contributed by atoms with E-state index in [-0.39, 0.29) is 15.7 Å². The topological polar surface area (TPSA) is 54.7 Å². The van der Waals surface area contributed by atoms with Crippen molar-refractivity contribution in [2.24, 2.45) is 0 Å². The average molecular weight is 560 g/mol. The summed E-state index contributed by atoms with van der Waals surface area (Å²) in [6, 6.07) is 9.71. The lowest BCUT2D eigenvalue weighted by Gasteiger charge is -2.24. The van der Waals surface area contributed by atoms with Crippen LogP contribution in [0.25, 0.3) is 15.0 Å². The first-order valence-electron chi connectivity index (χ1n) is 9.96. The smallest absolute Gasteiger partial charge is 0.278 e. The van der Waals surface area contributed by atoms with E-state index in [4.69, 9.17) is 11.6 Å². The van der Waals surface area contributed by atoms with E-state index in [0.717, 1.165) is 20.5 Å². The van der Waals surface area contributed by atoms with E-state index in [2.05, 4.69) is 4.98 Å². The van der Waals surface area contributed by atoms with Gasteiger partial charge in [0, 0.05) is 16.3 Å². The average Bonchev–Trinajstić information content (AvgIpc) is 3.45. The molecule has 0 N–H and O–H groups in total. The van der Waals surface area contributed by atoms with Gasteiger partial charge in [0.1, 0.15) is 10.8 Å². The quantitative estimate of drug-likeness (QED) is 0.215. The molecule has 0 atom stereocenters. The number of imidazole rings is 1. The van der Waals surface area contributed by atoms with Crippen LogP contribution in [0.1, 0.15) is 16.7 Å². The van der Waals surface area contributed by atoms with Gasteiger partial charge in [-0.25, -0.2) is 9.37 Å². The molecular formula is C22H14ClF4N3O2S3. The first kappa shape index (κ1) is 24.0. The van der Waals surface area contributed by atoms with Crippen molar-refractivity contribution in [3.63, 3.8) is 0 Å². The number of rotatable bonds is 5. The molecule has 0 aliphatic rings. The third-order valence-electron chi connectivity index (χ3n) is 5.42. The van der Waals surface area contributed by atoms with Crippen LogP contribution in [-0.2, 0) is 22.7 Å². The lowest BCUT2D eigenvalue weighted by Crippen LogP contribution is -2.31. The fourth-order valence-electron chi connectivity index (χ4n) is 3.79. The number of fused-ring (bicyclic) bond motifs is 2. The molecule has 182 valence electrons. The van der Waals surface area contributed by atoms with Crippen molar-refractivity contribution < 1.29 is 26.0 Å². The zero-order valence-corrected chi connectivity index (χ0v) is 20.9. The molecule has 0 aliphatic carbocycles. The molecule has 3 aromatic heterocycles. The van der Waals surface area contributed by atoms with E-state index in [9.17, 15) is 26.0 Å². The highest BCUT2D eigenvalue weighted by atomic mass is 35.5. The standard InChI is InChI=1S/C22H14ClF4N3O2S3/c1-12-14-4-2-3-5-17(14)34-19(12)30(11-13-6-7-16(24)15(10-13)22(25,26)27)35(31,32)20-18(23)28-21-29(20)8-9-33-21/h2-10H,11H2,1H3. The molecule has 0 fully saturated rings. The highest BCUT2D eigenvalue weighted by Gasteiger charge is 2.37. The molecule has 13 heteroatoms. The summed E-state index contributed by atoms with van der Waals surface area (Å²) < 4.78 is 85.1. The second kappa shape index (κ2) is 8.47. The van der Waals surface area contributed by atoms with Gasteiger partial charge in [0.15, 0.2) is 15.1 Å². The molecule has 2 aromatic carbocycles. The summed E-state index contributed by atoms with van der Waals surface area (Å²) in [5.74, 6) is -1.44. The third-order valence-corrected chi connectivity index (χ3v) is 9.73. The summed E-state index contributed by atoms with van der Waals surface area (Å²) in [5.41, 5.74) is -0.876. The number of hydrogen-bond acceptors (Lipinski definition) is 5. The molecule has 3 heterocycles. The van der Waals surface area contributed by atoms with E-state index in [1.807, 2.05) is 18.2 Å². The van der Waals surface area contributed by atoms with E-state index >= 15 is 0 Å². The van der Waals surface area contributed by atoms with Gasteiger partial charge in [-0.15, -0.1) is 22.7 Å². The fraction of sp³-hybridized carbons (Fsp3) is 0.136. The number of sulfonamides is 1. The SMILES string of the molecule is Cc1c(N(Cc2ccc(F)c(C(F)(F)F)c2)S(=O)(=O)c2c(Cl)nc3sccn23)sc2ccccc12. The molecular weight excluding hydrogens is 546 g/mol. The van der Waals surface area contributed by atoms with Crippen LogP contribution in [-0.4, -0.2) is 17.8 Å². The van der Waals surface area contributed by atoms with Gasteiger partial charge in [0.2, 0.25) is 0 Å². The van der Waals surface area contributed by atoms with Gasteiger partial charge in [-0.2, -0.15) is 21.6 Å². The van der Waals surface area contributed by atoms with Gasteiger partial charge in [-0.05, 0) is 41.6 Å². The minimum absolute atomic E-state index is 0.0404. The number of aromatic nitrogens is 2. The molecule has 0 saturated heterocycles. The molecule has 0 saturated carbocycles. The zero-order valence-electron chi connectivity index (χ0n) is 17.7. The summed E-state index contributed by atoms with van der Waals surface area (Å²) in [7, 11) is -4.42. The Bertz CT molecular complexity index is 1690. The fourth-order valence-corrected chi connectivity index (χ4v) is 8.14. The first-order chi connectivity index (χ1) is 16.5. The van der Waals surface area contributed by atoms with Crippen molar-refractivity contribution in [2.75, 3.05) is 4.31 Å². The van der Waals surface area contributed by atoms with Crippen molar-refractivity contribution >= 4 is 64.3 Å². The molecule has 0 spiro atoms. The zero-order chi connectivity index (χ0) is 25.1. The van der Waals surface area contributed by atoms with Gasteiger partial charge in [0.05, 0.1) is 12.1 Å². The van der Waals surface area contributed by atoms with Crippen LogP contribution < -0.4 is 4.31 Å². The van der Waals surface area contributed by atoms with Crippen LogP contribution in [0, 0.1) is 12.7 Å². The summed E-state index contributed by atoms with van der Waals surface area (Å²) >= 11 is 8.59. The van der Waals surface area contributed by atoms with Crippen LogP contribution in [0.4, 0.5) is 22.6 Å². The number of alkyl halides is 3. The summed E-state index contributed by atoms with van der Waals surface area (Å²) in [5, 5.41) is 2.21. The first-order valence-corrected chi connectivity index (χ1v) is 13.5. The van der Waals surface area contributed by atoms with Crippen molar-refractivity contribution in [2.45, 2.75) is 24.7 Å². The Morgan fingerprint density at radius 2 is 1.91 bits per heavy atom. The molecule has 0 amide bonds. The number of benzene rings is 2. The molecule has 5 rings (SSSR count). The second-order valence-corrected chi connectivity index (χ2v) is 11.7. The van der Waals surface area contributed by atoms with Crippen LogP contribution in [0.3, 0.4) is 0 Å². The highest BCUT2D eigenvalue weighted by Crippen LogP contribution is 2.42. The lowest BCUT2D eigenvalue weighted by atomic mass is 10.1. The van der Waals surface area contributed by atoms with Gasteiger partial charge in [-0.1, -0.05) is 35.9 Å². The summed E-state index contributed by atoms with van der Waals surface area (Å²) in [4.78, 5) is 4.44. The molecule has 5 aromatic rings. The van der Waals surface area contributed by atoms with Gasteiger partial charge < -0.3 is 0 Å². The number of anilines is 1. The number of thiazole rings is 1. The van der Waals surface area contributed by atoms with Crippen molar-refractivity contribution in [1.82, 2.24) is 9.38 Å². The number of hydrogen-bond donors (Lipinski definition) is 0. The Morgan fingerprint density at radius 1 is 1.17 bits per heavy atom. The van der Waals surface area contributed by atoms with Crippen LogP contribution in [0.15, 0.2) is 59.1 Å². The molecule has 0 radical (unpaired) electrons. The van der Waals surface area contributed by atoms with Crippen LogP contribution >= 0.6 is 34.3 Å². The summed E-state index contributed by atoms with van der Waals surface area (Å²) in [6.45, 7) is 1.26. The molecule has 0 bridgehead atoms. The summed E-state index contributed by atoms with van der Waals surface area (Å²) in [6.07, 6.45) is -3.43. The van der Waals surface area contributed by atoms with Crippen molar-refractivity contribution in [3.05, 3.63) is 81.7 Å². The Morgan fingerprint density at radius 3 is 2.63 bits per heavy atom. The van der Waals surface area contributed by atoms with E-state index in [1.54, 1.807) is 18.4 Å². The number of thiophene rings is 1. The van der Waals surface area contributed by atoms with Gasteiger partial charge >= 0.3 is 6.18 Å². The van der Waals surface area contributed by atoms with Crippen molar-refractivity contribution in [3.8, 4) is 0 Å². The third kappa shape index (κ3) is 4.07. The number of halogens is 5. The predicted molar refractivity (Wildman–Crippen MR) is 129 cm³/mol. The van der Waals surface area contributed by atoms with E-state index in [0.29, 0.717) is 27.7 Å². The maximum absolute atomic E-state index is 14.0. The van der Waals surface area contributed by atoms with E-state index < -0.39 is 34.1 Å². The highest BCUT2D eigenvalue weighted by molar-refractivity contribution is 7.93. The molecule has 0 unspecified atom stereocenters. The predicted octanol–water partition coefficient (Wildman–Crippen LogP) is 7.13. The molecule has 35 heavy (non-hydrogen) atoms. The van der Waals surface area contributed by atoms with Crippen molar-refractivity contribution in [1.29, 1.82) is 0 Å². The van der Waals surface area contributed by atoms with E-state index in [1.165, 1.54) is 33.3 Å². The number of nitrogens with zero attached hydrogens (tertiary/aromatic N) is 3. The molecule has 5 nitrogen and oxygen atoms in total. The minimum Gasteiger partial charge on any atom is -0.278 e. The number of aryl methyl sites for hydroxylation is 1. The van der Waals surface area contributed by atoms with Gasteiger partial charge in [0.25, 0.3) is 10.0 Å². The lowest BCUT2D eigenvalue weighted by molar-refractivity contribution is -0.140. The maximum atomic E-state index is 14.0. The maximum Gasteiger partial charge on any atom is 0.419 e.